The van der Waals surface area contributed by atoms with Crippen LogP contribution in [0, 0.1) is 10.1 Å². The van der Waals surface area contributed by atoms with Crippen LogP contribution in [0.15, 0.2) is 18.2 Å². The van der Waals surface area contributed by atoms with Crippen LogP contribution in [0.25, 0.3) is 0 Å². The van der Waals surface area contributed by atoms with Gasteiger partial charge in [-0.1, -0.05) is 11.6 Å². The number of nitrogens with zero attached hydrogens (tertiary/aromatic N) is 2. The van der Waals surface area contributed by atoms with Gasteiger partial charge in [-0.2, -0.15) is 0 Å². The highest BCUT2D eigenvalue weighted by Crippen LogP contribution is 2.26. The minimum Gasteiger partial charge on any atom is -0.369 e. The van der Waals surface area contributed by atoms with Crippen LogP contribution < -0.4 is 11.1 Å². The van der Waals surface area contributed by atoms with Gasteiger partial charge in [0.25, 0.3) is 5.69 Å². The summed E-state index contributed by atoms with van der Waals surface area (Å²) in [4.78, 5) is 34.6. The molecule has 120 valence electrons. The fourth-order valence-electron chi connectivity index (χ4n) is 1.71. The number of anilines is 1. The molecule has 0 aromatic heterocycles. The predicted molar refractivity (Wildman–Crippen MR) is 82.6 cm³/mol. The summed E-state index contributed by atoms with van der Waals surface area (Å²) < 4.78 is 0. The molecule has 22 heavy (non-hydrogen) atoms. The van der Waals surface area contributed by atoms with E-state index >= 15 is 0 Å². The van der Waals surface area contributed by atoms with Crippen molar-refractivity contribution in [2.75, 3.05) is 18.4 Å². The summed E-state index contributed by atoms with van der Waals surface area (Å²) in [7, 11) is 0. The molecule has 0 saturated heterocycles. The number of amides is 2. The molecule has 9 heteroatoms. The zero-order valence-corrected chi connectivity index (χ0v) is 13.0. The number of rotatable bonds is 7. The van der Waals surface area contributed by atoms with Gasteiger partial charge in [-0.25, -0.2) is 0 Å². The standard InChI is InChI=1S/C13H17ClN4O4/c1-8(2)17(6-12(15)19)7-13(20)16-11-4-3-9(18(21)22)5-10(11)14/h3-5,8H,6-7H2,1-2H3,(H2,15,19)(H,16,20). The quantitative estimate of drug-likeness (QED) is 0.579. The maximum Gasteiger partial charge on any atom is 0.271 e. The lowest BCUT2D eigenvalue weighted by molar-refractivity contribution is -0.384. The third-order valence-corrected chi connectivity index (χ3v) is 3.19. The average Bonchev–Trinajstić information content (AvgIpc) is 2.39. The van der Waals surface area contributed by atoms with Crippen LogP contribution in [0.4, 0.5) is 11.4 Å². The van der Waals surface area contributed by atoms with Crippen LogP contribution in [0.2, 0.25) is 5.02 Å². The molecule has 0 radical (unpaired) electrons. The Kier molecular flexibility index (Phi) is 6.26. The first kappa shape index (κ1) is 17.9. The predicted octanol–water partition coefficient (Wildman–Crippen LogP) is 1.38. The average molecular weight is 329 g/mol. The first-order chi connectivity index (χ1) is 10.2. The lowest BCUT2D eigenvalue weighted by atomic mass is 10.2. The largest absolute Gasteiger partial charge is 0.369 e. The highest BCUT2D eigenvalue weighted by atomic mass is 35.5. The van der Waals surface area contributed by atoms with E-state index < -0.39 is 16.7 Å². The van der Waals surface area contributed by atoms with Gasteiger partial charge in [0.1, 0.15) is 0 Å². The number of non-ortho nitro benzene ring substituents is 1. The number of hydrogen-bond acceptors (Lipinski definition) is 5. The van der Waals surface area contributed by atoms with Crippen molar-refractivity contribution in [3.05, 3.63) is 33.3 Å². The Bertz CT molecular complexity index is 591. The Morgan fingerprint density at radius 1 is 1.41 bits per heavy atom. The first-order valence-corrected chi connectivity index (χ1v) is 6.84. The lowest BCUT2D eigenvalue weighted by Gasteiger charge is -2.24. The van der Waals surface area contributed by atoms with Crippen LogP contribution in [0.5, 0.6) is 0 Å². The Labute approximate surface area is 132 Å². The van der Waals surface area contributed by atoms with E-state index in [0.717, 1.165) is 6.07 Å². The van der Waals surface area contributed by atoms with Crippen molar-refractivity contribution in [3.8, 4) is 0 Å². The van der Waals surface area contributed by atoms with Gasteiger partial charge in [0, 0.05) is 18.2 Å². The summed E-state index contributed by atoms with van der Waals surface area (Å²) in [6.07, 6.45) is 0. The lowest BCUT2D eigenvalue weighted by Crippen LogP contribution is -2.43. The van der Waals surface area contributed by atoms with Gasteiger partial charge in [-0.15, -0.1) is 0 Å². The molecule has 1 aromatic carbocycles. The Hall–Kier alpha value is -2.19. The third-order valence-electron chi connectivity index (χ3n) is 2.87. The number of halogens is 1. The van der Waals surface area contributed by atoms with Gasteiger partial charge in [0.05, 0.1) is 28.7 Å². The Balaban J connectivity index is 2.75. The number of nitro groups is 1. The Morgan fingerprint density at radius 3 is 2.50 bits per heavy atom. The smallest absolute Gasteiger partial charge is 0.271 e. The number of hydrogen-bond donors (Lipinski definition) is 2. The van der Waals surface area contributed by atoms with E-state index in [0.29, 0.717) is 0 Å². The van der Waals surface area contributed by atoms with Crippen molar-refractivity contribution >= 4 is 34.8 Å². The molecule has 2 amide bonds. The summed E-state index contributed by atoms with van der Waals surface area (Å²) in [5.41, 5.74) is 5.23. The second-order valence-corrected chi connectivity index (χ2v) is 5.34. The number of primary amides is 1. The molecule has 8 nitrogen and oxygen atoms in total. The van der Waals surface area contributed by atoms with Crippen LogP contribution in [0.3, 0.4) is 0 Å². The molecule has 0 unspecified atom stereocenters. The molecule has 0 aliphatic carbocycles. The number of nitrogens with one attached hydrogen (secondary N) is 1. The highest BCUT2D eigenvalue weighted by Gasteiger charge is 2.17. The van der Waals surface area contributed by atoms with Crippen molar-refractivity contribution in [1.82, 2.24) is 4.90 Å². The topological polar surface area (TPSA) is 119 Å². The van der Waals surface area contributed by atoms with Crippen molar-refractivity contribution in [2.24, 2.45) is 5.73 Å². The van der Waals surface area contributed by atoms with E-state index in [-0.39, 0.29) is 35.5 Å². The van der Waals surface area contributed by atoms with Gasteiger partial charge < -0.3 is 11.1 Å². The minimum absolute atomic E-state index is 0.0426. The molecular formula is C13H17ClN4O4. The maximum absolute atomic E-state index is 12.0. The fourth-order valence-corrected chi connectivity index (χ4v) is 1.94. The zero-order valence-electron chi connectivity index (χ0n) is 12.2. The summed E-state index contributed by atoms with van der Waals surface area (Å²) in [5.74, 6) is -0.930. The molecule has 3 N–H and O–H groups in total. The van der Waals surface area contributed by atoms with Gasteiger partial charge in [-0.3, -0.25) is 24.6 Å². The van der Waals surface area contributed by atoms with Gasteiger partial charge in [-0.05, 0) is 19.9 Å². The second kappa shape index (κ2) is 7.71. The summed E-state index contributed by atoms with van der Waals surface area (Å²) in [6, 6.07) is 3.70. The van der Waals surface area contributed by atoms with Crippen LogP contribution >= 0.6 is 11.6 Å². The number of nitrogens with two attached hydrogens (primary N) is 1. The summed E-state index contributed by atoms with van der Waals surface area (Å²) in [5, 5.41) is 13.2. The minimum atomic E-state index is -0.579. The monoisotopic (exact) mass is 328 g/mol. The van der Waals surface area contributed by atoms with Crippen molar-refractivity contribution in [2.45, 2.75) is 19.9 Å². The third kappa shape index (κ3) is 5.30. The highest BCUT2D eigenvalue weighted by molar-refractivity contribution is 6.34. The van der Waals surface area contributed by atoms with Crippen molar-refractivity contribution in [1.29, 1.82) is 0 Å². The SMILES string of the molecule is CC(C)N(CC(N)=O)CC(=O)Nc1ccc([N+](=O)[O-])cc1Cl. The molecule has 1 aromatic rings. The summed E-state index contributed by atoms with van der Waals surface area (Å²) >= 11 is 5.89. The molecular weight excluding hydrogens is 312 g/mol. The van der Waals surface area contributed by atoms with Crippen LogP contribution in [0.1, 0.15) is 13.8 Å². The number of carbonyl (C=O) groups excluding carboxylic acids is 2. The molecule has 0 saturated carbocycles. The molecule has 0 spiro atoms. The molecule has 0 atom stereocenters. The second-order valence-electron chi connectivity index (χ2n) is 4.93. The van der Waals surface area contributed by atoms with Gasteiger partial charge in [0.15, 0.2) is 0 Å². The van der Waals surface area contributed by atoms with Gasteiger partial charge >= 0.3 is 0 Å². The molecule has 0 aliphatic heterocycles. The van der Waals surface area contributed by atoms with E-state index in [1.165, 1.54) is 12.1 Å². The normalized spacial score (nSPS) is 10.8. The number of benzene rings is 1. The van der Waals surface area contributed by atoms with E-state index in [1.54, 1.807) is 4.90 Å². The molecule has 0 bridgehead atoms. The molecule has 0 heterocycles. The zero-order chi connectivity index (χ0) is 16.9. The number of carbonyl (C=O) groups is 2. The van der Waals surface area contributed by atoms with E-state index in [9.17, 15) is 19.7 Å². The Morgan fingerprint density at radius 2 is 2.05 bits per heavy atom. The maximum atomic E-state index is 12.0. The van der Waals surface area contributed by atoms with Crippen LogP contribution in [-0.4, -0.2) is 40.8 Å². The van der Waals surface area contributed by atoms with E-state index in [1.807, 2.05) is 13.8 Å². The molecule has 1 rings (SSSR count). The van der Waals surface area contributed by atoms with Crippen LogP contribution in [-0.2, 0) is 9.59 Å². The summed E-state index contributed by atoms with van der Waals surface area (Å²) in [6.45, 7) is 3.57. The van der Waals surface area contributed by atoms with E-state index in [2.05, 4.69) is 5.32 Å². The molecule has 0 fully saturated rings. The van der Waals surface area contributed by atoms with E-state index in [4.69, 9.17) is 17.3 Å². The fraction of sp³-hybridized carbons (Fsp3) is 0.385. The molecule has 0 aliphatic rings. The van der Waals surface area contributed by atoms with Crippen molar-refractivity contribution < 1.29 is 14.5 Å². The van der Waals surface area contributed by atoms with Crippen molar-refractivity contribution in [3.63, 3.8) is 0 Å². The number of nitro benzene ring substituents is 1. The van der Waals surface area contributed by atoms with Gasteiger partial charge in [0.2, 0.25) is 11.8 Å². The first-order valence-electron chi connectivity index (χ1n) is 6.47.